The first-order valence-corrected chi connectivity index (χ1v) is 6.54. The van der Waals surface area contributed by atoms with Crippen LogP contribution in [0.1, 0.15) is 17.5 Å². The molecule has 0 fully saturated rings. The number of rotatable bonds is 3. The number of aromatic nitrogens is 2. The fourth-order valence-electron chi connectivity index (χ4n) is 1.24. The predicted octanol–water partition coefficient (Wildman–Crippen LogP) is 3.14. The summed E-state index contributed by atoms with van der Waals surface area (Å²) < 4.78 is 9.78. The summed E-state index contributed by atoms with van der Waals surface area (Å²) in [5.74, 6) is -0.364. The first-order chi connectivity index (χ1) is 8.20. The molecule has 2 aromatic rings. The molecule has 1 heterocycles. The van der Waals surface area contributed by atoms with E-state index in [-0.39, 0.29) is 5.82 Å². The number of ether oxygens (including phenoxy) is 1. The minimum absolute atomic E-state index is 0.117. The van der Waals surface area contributed by atoms with Crippen molar-refractivity contribution in [2.24, 2.45) is 0 Å². The summed E-state index contributed by atoms with van der Waals surface area (Å²) in [5.41, 5.74) is 0.924. The quantitative estimate of drug-likeness (QED) is 0.817. The lowest BCUT2D eigenvalue weighted by molar-refractivity contribution is 0.0514. The van der Waals surface area contributed by atoms with Gasteiger partial charge >= 0.3 is 5.97 Å². The van der Waals surface area contributed by atoms with Gasteiger partial charge in [-0.2, -0.15) is 4.37 Å². The van der Waals surface area contributed by atoms with E-state index in [1.54, 1.807) is 6.92 Å². The zero-order valence-corrected chi connectivity index (χ0v) is 11.4. The van der Waals surface area contributed by atoms with Crippen LogP contribution in [0.15, 0.2) is 28.7 Å². The number of halogens is 1. The predicted molar refractivity (Wildman–Crippen MR) is 69.0 cm³/mol. The lowest BCUT2D eigenvalue weighted by atomic mass is 10.2. The van der Waals surface area contributed by atoms with Crippen molar-refractivity contribution in [1.82, 2.24) is 9.36 Å². The van der Waals surface area contributed by atoms with E-state index in [9.17, 15) is 4.79 Å². The van der Waals surface area contributed by atoms with Gasteiger partial charge in [-0.05, 0) is 30.6 Å². The molecule has 0 saturated carbocycles. The number of carbonyl (C=O) groups excluding carboxylic acids is 1. The summed E-state index contributed by atoms with van der Waals surface area (Å²) in [5, 5.41) is 0.703. The molecule has 0 aliphatic carbocycles. The second-order valence-corrected chi connectivity index (χ2v) is 4.82. The highest BCUT2D eigenvalue weighted by Crippen LogP contribution is 2.24. The molecular weight excluding hydrogens is 304 g/mol. The van der Waals surface area contributed by atoms with Crippen molar-refractivity contribution in [2.45, 2.75) is 6.92 Å². The van der Waals surface area contributed by atoms with Crippen molar-refractivity contribution in [2.75, 3.05) is 6.61 Å². The van der Waals surface area contributed by atoms with Crippen LogP contribution in [0.25, 0.3) is 10.6 Å². The van der Waals surface area contributed by atoms with E-state index in [2.05, 4.69) is 25.3 Å². The van der Waals surface area contributed by atoms with Crippen LogP contribution in [0, 0.1) is 0 Å². The highest BCUT2D eigenvalue weighted by atomic mass is 79.9. The van der Waals surface area contributed by atoms with Crippen LogP contribution in [-0.4, -0.2) is 21.9 Å². The Labute approximate surface area is 111 Å². The minimum Gasteiger partial charge on any atom is -0.460 e. The SMILES string of the molecule is CCOC(=O)c1nsc(-c2cccc(Br)c2)n1. The summed E-state index contributed by atoms with van der Waals surface area (Å²) in [6.07, 6.45) is 0. The molecule has 0 aliphatic heterocycles. The van der Waals surface area contributed by atoms with Gasteiger partial charge in [-0.15, -0.1) is 0 Å². The lowest BCUT2D eigenvalue weighted by Crippen LogP contribution is -2.06. The van der Waals surface area contributed by atoms with E-state index in [0.29, 0.717) is 11.6 Å². The zero-order chi connectivity index (χ0) is 12.3. The molecule has 0 unspecified atom stereocenters. The Kier molecular flexibility index (Phi) is 3.86. The fourth-order valence-corrected chi connectivity index (χ4v) is 2.29. The van der Waals surface area contributed by atoms with Crippen molar-refractivity contribution in [3.8, 4) is 10.6 Å². The largest absolute Gasteiger partial charge is 0.460 e. The van der Waals surface area contributed by atoms with E-state index >= 15 is 0 Å². The normalized spacial score (nSPS) is 10.2. The highest BCUT2D eigenvalue weighted by molar-refractivity contribution is 9.10. The Morgan fingerprint density at radius 2 is 2.35 bits per heavy atom. The standard InChI is InChI=1S/C11H9BrN2O2S/c1-2-16-11(15)9-13-10(17-14-9)7-4-3-5-8(12)6-7/h3-6H,2H2,1H3. The van der Waals surface area contributed by atoms with Gasteiger partial charge in [-0.25, -0.2) is 9.78 Å². The van der Waals surface area contributed by atoms with Crippen LogP contribution in [-0.2, 0) is 4.74 Å². The van der Waals surface area contributed by atoms with Crippen molar-refractivity contribution in [1.29, 1.82) is 0 Å². The van der Waals surface area contributed by atoms with Crippen LogP contribution in [0.3, 0.4) is 0 Å². The number of carbonyl (C=O) groups is 1. The van der Waals surface area contributed by atoms with Gasteiger partial charge in [0.2, 0.25) is 0 Å². The summed E-state index contributed by atoms with van der Waals surface area (Å²) >= 11 is 4.57. The molecule has 6 heteroatoms. The van der Waals surface area contributed by atoms with Crippen LogP contribution >= 0.6 is 27.5 Å². The average Bonchev–Trinajstić information content (AvgIpc) is 2.78. The molecule has 0 aliphatic rings. The Morgan fingerprint density at radius 3 is 3.06 bits per heavy atom. The molecule has 1 aromatic heterocycles. The van der Waals surface area contributed by atoms with Gasteiger partial charge in [0.05, 0.1) is 6.61 Å². The maximum atomic E-state index is 11.4. The topological polar surface area (TPSA) is 52.1 Å². The van der Waals surface area contributed by atoms with Crippen molar-refractivity contribution in [3.05, 3.63) is 34.6 Å². The third kappa shape index (κ3) is 2.89. The van der Waals surface area contributed by atoms with Crippen molar-refractivity contribution in [3.63, 3.8) is 0 Å². The van der Waals surface area contributed by atoms with Gasteiger partial charge in [-0.3, -0.25) is 0 Å². The third-order valence-electron chi connectivity index (χ3n) is 1.96. The first-order valence-electron chi connectivity index (χ1n) is 4.97. The molecule has 0 atom stereocenters. The van der Waals surface area contributed by atoms with Crippen LogP contribution in [0.4, 0.5) is 0 Å². The second kappa shape index (κ2) is 5.37. The maximum Gasteiger partial charge on any atom is 0.377 e. The van der Waals surface area contributed by atoms with Gasteiger partial charge in [-0.1, -0.05) is 28.1 Å². The number of hydrogen-bond acceptors (Lipinski definition) is 5. The lowest BCUT2D eigenvalue weighted by Gasteiger charge is -1.96. The van der Waals surface area contributed by atoms with E-state index in [0.717, 1.165) is 10.0 Å². The Morgan fingerprint density at radius 1 is 1.53 bits per heavy atom. The van der Waals surface area contributed by atoms with E-state index in [1.165, 1.54) is 11.5 Å². The number of benzene rings is 1. The Bertz CT molecular complexity index is 542. The molecular formula is C11H9BrN2O2S. The van der Waals surface area contributed by atoms with Crippen molar-refractivity contribution >= 4 is 33.4 Å². The van der Waals surface area contributed by atoms with Gasteiger partial charge in [0.1, 0.15) is 5.01 Å². The molecule has 0 bridgehead atoms. The molecule has 2 rings (SSSR count). The third-order valence-corrected chi connectivity index (χ3v) is 3.21. The molecule has 4 nitrogen and oxygen atoms in total. The molecule has 1 aromatic carbocycles. The van der Waals surface area contributed by atoms with E-state index < -0.39 is 5.97 Å². The molecule has 88 valence electrons. The van der Waals surface area contributed by atoms with Gasteiger partial charge in [0.15, 0.2) is 0 Å². The van der Waals surface area contributed by atoms with Crippen LogP contribution < -0.4 is 0 Å². The Hall–Kier alpha value is -1.27. The van der Waals surface area contributed by atoms with Gasteiger partial charge < -0.3 is 4.74 Å². The number of nitrogens with zero attached hydrogens (tertiary/aromatic N) is 2. The minimum atomic E-state index is -0.481. The van der Waals surface area contributed by atoms with E-state index in [4.69, 9.17) is 4.74 Å². The maximum absolute atomic E-state index is 11.4. The first kappa shape index (κ1) is 12.2. The van der Waals surface area contributed by atoms with Crippen molar-refractivity contribution < 1.29 is 9.53 Å². The average molecular weight is 313 g/mol. The van der Waals surface area contributed by atoms with Crippen LogP contribution in [0.2, 0.25) is 0 Å². The molecule has 0 amide bonds. The van der Waals surface area contributed by atoms with Crippen LogP contribution in [0.5, 0.6) is 0 Å². The number of hydrogen-bond donors (Lipinski definition) is 0. The van der Waals surface area contributed by atoms with E-state index in [1.807, 2.05) is 24.3 Å². The zero-order valence-electron chi connectivity index (χ0n) is 9.01. The van der Waals surface area contributed by atoms with Gasteiger partial charge in [0.25, 0.3) is 5.82 Å². The molecule has 0 radical (unpaired) electrons. The summed E-state index contributed by atoms with van der Waals surface area (Å²) in [7, 11) is 0. The molecule has 17 heavy (non-hydrogen) atoms. The Balaban J connectivity index is 2.27. The summed E-state index contributed by atoms with van der Waals surface area (Å²) in [4.78, 5) is 15.6. The second-order valence-electron chi connectivity index (χ2n) is 3.15. The highest BCUT2D eigenvalue weighted by Gasteiger charge is 2.14. The summed E-state index contributed by atoms with van der Waals surface area (Å²) in [6.45, 7) is 2.07. The smallest absolute Gasteiger partial charge is 0.377 e. The summed E-state index contributed by atoms with van der Waals surface area (Å²) in [6, 6.07) is 7.68. The molecule has 0 spiro atoms. The number of esters is 1. The fraction of sp³-hybridized carbons (Fsp3) is 0.182. The van der Waals surface area contributed by atoms with Gasteiger partial charge in [0, 0.05) is 10.0 Å². The monoisotopic (exact) mass is 312 g/mol. The molecule has 0 saturated heterocycles. The molecule has 0 N–H and O–H groups in total.